The van der Waals surface area contributed by atoms with Gasteiger partial charge in [0, 0.05) is 19.1 Å². The first-order valence-electron chi connectivity index (χ1n) is 7.15. The molecule has 1 aromatic carbocycles. The molecule has 0 radical (unpaired) electrons. The zero-order valence-corrected chi connectivity index (χ0v) is 11.9. The van der Waals surface area contributed by atoms with Gasteiger partial charge in [-0.05, 0) is 44.3 Å². The maximum Gasteiger partial charge on any atom is 0.0236 e. The lowest BCUT2D eigenvalue weighted by Crippen LogP contribution is -2.48. The van der Waals surface area contributed by atoms with E-state index in [4.69, 9.17) is 0 Å². The molecule has 1 N–H and O–H groups in total. The lowest BCUT2D eigenvalue weighted by atomic mass is 9.88. The van der Waals surface area contributed by atoms with Gasteiger partial charge in [-0.25, -0.2) is 0 Å². The van der Waals surface area contributed by atoms with Crippen molar-refractivity contribution in [1.82, 2.24) is 10.2 Å². The van der Waals surface area contributed by atoms with Crippen LogP contribution < -0.4 is 5.32 Å². The van der Waals surface area contributed by atoms with Crippen molar-refractivity contribution in [3.8, 4) is 0 Å². The summed E-state index contributed by atoms with van der Waals surface area (Å²) in [4.78, 5) is 2.60. The Kier molecular flexibility index (Phi) is 4.79. The molecule has 1 atom stereocenters. The van der Waals surface area contributed by atoms with Crippen molar-refractivity contribution in [1.29, 1.82) is 0 Å². The van der Waals surface area contributed by atoms with Crippen molar-refractivity contribution >= 4 is 0 Å². The third-order valence-corrected chi connectivity index (χ3v) is 4.10. The quantitative estimate of drug-likeness (QED) is 0.830. The van der Waals surface area contributed by atoms with Gasteiger partial charge in [0.2, 0.25) is 0 Å². The molecular formula is C16H26N2. The van der Waals surface area contributed by atoms with Crippen LogP contribution in [0.25, 0.3) is 0 Å². The van der Waals surface area contributed by atoms with Gasteiger partial charge in [0.1, 0.15) is 0 Å². The molecule has 1 heterocycles. The van der Waals surface area contributed by atoms with Crippen molar-refractivity contribution in [2.24, 2.45) is 11.8 Å². The van der Waals surface area contributed by atoms with Crippen molar-refractivity contribution in [2.45, 2.75) is 33.4 Å². The fourth-order valence-electron chi connectivity index (χ4n) is 2.51. The molecule has 0 spiro atoms. The molecule has 1 aliphatic heterocycles. The Hall–Kier alpha value is -0.860. The van der Waals surface area contributed by atoms with E-state index >= 15 is 0 Å². The Morgan fingerprint density at radius 1 is 1.17 bits per heavy atom. The van der Waals surface area contributed by atoms with Crippen LogP contribution in [0.2, 0.25) is 0 Å². The summed E-state index contributed by atoms with van der Waals surface area (Å²) in [7, 11) is 0. The van der Waals surface area contributed by atoms with E-state index in [9.17, 15) is 0 Å². The van der Waals surface area contributed by atoms with Crippen LogP contribution in [0.4, 0.5) is 0 Å². The van der Waals surface area contributed by atoms with Crippen molar-refractivity contribution in [3.63, 3.8) is 0 Å². The van der Waals surface area contributed by atoms with Crippen LogP contribution in [-0.4, -0.2) is 30.6 Å². The Morgan fingerprint density at radius 3 is 2.33 bits per heavy atom. The topological polar surface area (TPSA) is 15.3 Å². The first-order chi connectivity index (χ1) is 8.66. The van der Waals surface area contributed by atoms with E-state index in [-0.39, 0.29) is 0 Å². The Labute approximate surface area is 111 Å². The maximum atomic E-state index is 3.38. The third-order valence-electron chi connectivity index (χ3n) is 4.10. The second-order valence-corrected chi connectivity index (χ2v) is 5.90. The highest BCUT2D eigenvalue weighted by Gasteiger charge is 2.25. The summed E-state index contributed by atoms with van der Waals surface area (Å²) in [6.07, 6.45) is 0. The van der Waals surface area contributed by atoms with E-state index < -0.39 is 0 Å². The fraction of sp³-hybridized carbons (Fsp3) is 0.625. The number of benzene rings is 1. The molecule has 1 aromatic rings. The lowest BCUT2D eigenvalue weighted by molar-refractivity contribution is 0.135. The van der Waals surface area contributed by atoms with Crippen molar-refractivity contribution in [3.05, 3.63) is 35.9 Å². The largest absolute Gasteiger partial charge is 0.316 e. The smallest absolute Gasteiger partial charge is 0.0236 e. The monoisotopic (exact) mass is 246 g/mol. The molecule has 0 saturated carbocycles. The minimum absolute atomic E-state index is 0.612. The predicted octanol–water partition coefficient (Wildman–Crippen LogP) is 2.75. The number of nitrogens with zero attached hydrogens (tertiary/aromatic N) is 1. The van der Waals surface area contributed by atoms with Gasteiger partial charge in [0.25, 0.3) is 0 Å². The van der Waals surface area contributed by atoms with E-state index in [1.807, 2.05) is 0 Å². The van der Waals surface area contributed by atoms with Gasteiger partial charge < -0.3 is 5.32 Å². The molecule has 2 heteroatoms. The second kappa shape index (κ2) is 6.35. The van der Waals surface area contributed by atoms with E-state index in [0.29, 0.717) is 6.04 Å². The van der Waals surface area contributed by atoms with Crippen molar-refractivity contribution in [2.75, 3.05) is 19.6 Å². The summed E-state index contributed by atoms with van der Waals surface area (Å²) in [5.74, 6) is 1.67. The van der Waals surface area contributed by atoms with E-state index in [1.165, 1.54) is 25.2 Å². The van der Waals surface area contributed by atoms with Crippen LogP contribution in [0.5, 0.6) is 0 Å². The summed E-state index contributed by atoms with van der Waals surface area (Å²) >= 11 is 0. The second-order valence-electron chi connectivity index (χ2n) is 5.90. The molecule has 1 fully saturated rings. The number of hydrogen-bond acceptors (Lipinski definition) is 2. The molecule has 2 nitrogen and oxygen atoms in total. The Balaban J connectivity index is 1.91. The molecular weight excluding hydrogens is 220 g/mol. The highest BCUT2D eigenvalue weighted by atomic mass is 15.1. The number of hydrogen-bond donors (Lipinski definition) is 1. The average molecular weight is 246 g/mol. The first-order valence-corrected chi connectivity index (χ1v) is 7.15. The molecule has 1 saturated heterocycles. The molecule has 1 aliphatic rings. The molecule has 0 bridgehead atoms. The summed E-state index contributed by atoms with van der Waals surface area (Å²) in [5.41, 5.74) is 1.42. The summed E-state index contributed by atoms with van der Waals surface area (Å²) < 4.78 is 0. The zero-order chi connectivity index (χ0) is 13.0. The third kappa shape index (κ3) is 3.56. The van der Waals surface area contributed by atoms with Crippen LogP contribution in [0.3, 0.4) is 0 Å². The average Bonchev–Trinajstić information content (AvgIpc) is 2.27. The standard InChI is InChI=1S/C16H26N2/c1-13(2)18(11-14(3)16-9-17-10-16)12-15-7-5-4-6-8-15/h4-8,13-14,16-17H,9-12H2,1-3H3. The van der Waals surface area contributed by atoms with Gasteiger partial charge in [-0.15, -0.1) is 0 Å². The van der Waals surface area contributed by atoms with Crippen LogP contribution in [0, 0.1) is 11.8 Å². The summed E-state index contributed by atoms with van der Waals surface area (Å²) in [5, 5.41) is 3.38. The van der Waals surface area contributed by atoms with Gasteiger partial charge in [-0.2, -0.15) is 0 Å². The van der Waals surface area contributed by atoms with E-state index in [2.05, 4.69) is 61.3 Å². The number of rotatable bonds is 6. The highest BCUT2D eigenvalue weighted by Crippen LogP contribution is 2.19. The highest BCUT2D eigenvalue weighted by molar-refractivity contribution is 5.14. The van der Waals surface area contributed by atoms with Gasteiger partial charge in [-0.3, -0.25) is 4.90 Å². The molecule has 2 rings (SSSR count). The normalized spacial score (nSPS) is 18.1. The van der Waals surface area contributed by atoms with Gasteiger partial charge in [0.15, 0.2) is 0 Å². The summed E-state index contributed by atoms with van der Waals surface area (Å²) in [6, 6.07) is 11.4. The van der Waals surface area contributed by atoms with Crippen LogP contribution in [0.1, 0.15) is 26.3 Å². The molecule has 0 amide bonds. The minimum Gasteiger partial charge on any atom is -0.316 e. The van der Waals surface area contributed by atoms with Gasteiger partial charge in [0.05, 0.1) is 0 Å². The molecule has 100 valence electrons. The van der Waals surface area contributed by atoms with Crippen LogP contribution in [0.15, 0.2) is 30.3 Å². The molecule has 1 unspecified atom stereocenters. The van der Waals surface area contributed by atoms with Gasteiger partial charge >= 0.3 is 0 Å². The maximum absolute atomic E-state index is 3.38. The van der Waals surface area contributed by atoms with Gasteiger partial charge in [-0.1, -0.05) is 37.3 Å². The van der Waals surface area contributed by atoms with Crippen LogP contribution in [-0.2, 0) is 6.54 Å². The zero-order valence-electron chi connectivity index (χ0n) is 11.9. The minimum atomic E-state index is 0.612. The first kappa shape index (κ1) is 13.6. The predicted molar refractivity (Wildman–Crippen MR) is 77.5 cm³/mol. The Bertz CT molecular complexity index is 343. The number of nitrogens with one attached hydrogen (secondary N) is 1. The Morgan fingerprint density at radius 2 is 1.83 bits per heavy atom. The van der Waals surface area contributed by atoms with E-state index in [1.54, 1.807) is 0 Å². The molecule has 0 aromatic heterocycles. The van der Waals surface area contributed by atoms with Crippen molar-refractivity contribution < 1.29 is 0 Å². The molecule has 18 heavy (non-hydrogen) atoms. The fourth-order valence-corrected chi connectivity index (χ4v) is 2.51. The summed E-state index contributed by atoms with van der Waals surface area (Å²) in [6.45, 7) is 11.7. The van der Waals surface area contributed by atoms with Crippen LogP contribution >= 0.6 is 0 Å². The van der Waals surface area contributed by atoms with E-state index in [0.717, 1.165) is 18.4 Å². The SMILES string of the molecule is CC(CN(Cc1ccccc1)C(C)C)C1CNC1. The molecule has 0 aliphatic carbocycles. The lowest BCUT2D eigenvalue weighted by Gasteiger charge is -2.37.